The normalized spacial score (nSPS) is 23.7. The van der Waals surface area contributed by atoms with Crippen molar-refractivity contribution in [2.24, 2.45) is 0 Å². The third-order valence-electron chi connectivity index (χ3n) is 7.55. The van der Waals surface area contributed by atoms with Crippen molar-refractivity contribution in [3.63, 3.8) is 0 Å². The number of piperazine rings is 1. The molecule has 0 atom stereocenters. The number of nitrogens with zero attached hydrogens (tertiary/aromatic N) is 2. The van der Waals surface area contributed by atoms with Crippen LogP contribution in [0.2, 0.25) is 11.6 Å². The van der Waals surface area contributed by atoms with Gasteiger partial charge in [0.25, 0.3) is 0 Å². The first-order chi connectivity index (χ1) is 15.2. The SMILES string of the molecule is C=C(CCN1CCN([B]C2CCCCCCC2)CC1)NC(=O)[B]C1CCCCCCC1. The molecule has 1 saturated heterocycles. The largest absolute Gasteiger partial charge is 0.344 e. The maximum Gasteiger partial charge on any atom is 0.236 e. The highest BCUT2D eigenvalue weighted by molar-refractivity contribution is 6.74. The van der Waals surface area contributed by atoms with Crippen molar-refractivity contribution in [1.29, 1.82) is 0 Å². The summed E-state index contributed by atoms with van der Waals surface area (Å²) in [5, 5.41) is 3.04. The zero-order valence-electron chi connectivity index (χ0n) is 20.0. The molecule has 172 valence electrons. The first-order valence-electron chi connectivity index (χ1n) is 13.3. The Bertz CT molecular complexity index is 521. The Hall–Kier alpha value is -0.740. The molecule has 0 spiro atoms. The summed E-state index contributed by atoms with van der Waals surface area (Å²) in [4.78, 5) is 17.5. The van der Waals surface area contributed by atoms with Gasteiger partial charge in [-0.1, -0.05) is 108 Å². The molecule has 31 heavy (non-hydrogen) atoms. The van der Waals surface area contributed by atoms with E-state index >= 15 is 0 Å². The summed E-state index contributed by atoms with van der Waals surface area (Å²) in [6, 6.07) is 0. The van der Waals surface area contributed by atoms with E-state index in [1.165, 1.54) is 89.9 Å². The second kappa shape index (κ2) is 14.4. The number of amides is 1. The fraction of sp³-hybridized carbons (Fsp3) is 0.880. The van der Waals surface area contributed by atoms with Crippen molar-refractivity contribution in [2.75, 3.05) is 32.7 Å². The number of nitrogens with one attached hydrogen (secondary N) is 1. The van der Waals surface area contributed by atoms with Crippen LogP contribution in [0.1, 0.15) is 96.3 Å². The van der Waals surface area contributed by atoms with Gasteiger partial charge >= 0.3 is 0 Å². The molecule has 0 aromatic heterocycles. The summed E-state index contributed by atoms with van der Waals surface area (Å²) >= 11 is 0. The lowest BCUT2D eigenvalue weighted by molar-refractivity contribution is 0.188. The molecule has 3 rings (SSSR count). The molecule has 0 aromatic carbocycles. The van der Waals surface area contributed by atoms with Crippen LogP contribution >= 0.6 is 0 Å². The maximum atomic E-state index is 12.4. The van der Waals surface area contributed by atoms with Crippen molar-refractivity contribution in [3.8, 4) is 0 Å². The van der Waals surface area contributed by atoms with E-state index in [0.717, 1.165) is 50.7 Å². The molecule has 4 nitrogen and oxygen atoms in total. The van der Waals surface area contributed by atoms with Gasteiger partial charge in [0.1, 0.15) is 0 Å². The van der Waals surface area contributed by atoms with Gasteiger partial charge in [-0.2, -0.15) is 0 Å². The summed E-state index contributed by atoms with van der Waals surface area (Å²) in [6.45, 7) is 9.65. The summed E-state index contributed by atoms with van der Waals surface area (Å²) in [5.74, 6) is 1.32. The van der Waals surface area contributed by atoms with Crippen LogP contribution in [0.4, 0.5) is 4.79 Å². The van der Waals surface area contributed by atoms with Gasteiger partial charge in [0.05, 0.1) is 0 Å². The van der Waals surface area contributed by atoms with E-state index in [4.69, 9.17) is 0 Å². The Morgan fingerprint density at radius 3 is 1.87 bits per heavy atom. The van der Waals surface area contributed by atoms with Crippen molar-refractivity contribution >= 4 is 20.5 Å². The van der Waals surface area contributed by atoms with Crippen LogP contribution in [0.5, 0.6) is 0 Å². The lowest BCUT2D eigenvalue weighted by Crippen LogP contribution is -2.48. The lowest BCUT2D eigenvalue weighted by Gasteiger charge is -2.36. The fourth-order valence-corrected chi connectivity index (χ4v) is 5.51. The average Bonchev–Trinajstić information content (AvgIpc) is 2.71. The summed E-state index contributed by atoms with van der Waals surface area (Å²) < 4.78 is 0. The zero-order chi connectivity index (χ0) is 21.7. The third-order valence-corrected chi connectivity index (χ3v) is 7.55. The highest BCUT2D eigenvalue weighted by atomic mass is 16.1. The number of hydrogen-bond acceptors (Lipinski definition) is 3. The first kappa shape index (κ1) is 24.9. The first-order valence-corrected chi connectivity index (χ1v) is 13.3. The van der Waals surface area contributed by atoms with Gasteiger partial charge in [0.15, 0.2) is 5.81 Å². The molecule has 2 aliphatic carbocycles. The second-order valence-corrected chi connectivity index (χ2v) is 10.2. The molecule has 2 radical (unpaired) electrons. The Morgan fingerprint density at radius 1 is 0.774 bits per heavy atom. The standard InChI is InChI=1S/C25H45B2N3O/c1-22(28-25(31)26-23-12-8-4-2-5-9-13-23)16-17-29-18-20-30(21-19-29)27-24-14-10-6-3-7-11-15-24/h23-24H,1-21H2,(H,28,31). The fourth-order valence-electron chi connectivity index (χ4n) is 5.51. The molecule has 0 unspecified atom stereocenters. The Balaban J connectivity index is 1.26. The van der Waals surface area contributed by atoms with E-state index in [-0.39, 0.29) is 5.81 Å². The van der Waals surface area contributed by atoms with E-state index in [0.29, 0.717) is 5.82 Å². The third kappa shape index (κ3) is 10.2. The number of carbonyl (C=O) groups excluding carboxylic acids is 1. The quantitative estimate of drug-likeness (QED) is 0.514. The minimum atomic E-state index is 0.0641. The summed E-state index contributed by atoms with van der Waals surface area (Å²) in [5.41, 5.74) is 0.871. The molecule has 2 saturated carbocycles. The minimum Gasteiger partial charge on any atom is -0.344 e. The number of hydrogen-bond donors (Lipinski definition) is 1. The van der Waals surface area contributed by atoms with Crippen LogP contribution in [0, 0.1) is 0 Å². The van der Waals surface area contributed by atoms with E-state index in [9.17, 15) is 4.79 Å². The average molecular weight is 425 g/mol. The van der Waals surface area contributed by atoms with Crippen LogP contribution in [-0.4, -0.2) is 62.9 Å². The van der Waals surface area contributed by atoms with Crippen molar-refractivity contribution < 1.29 is 4.79 Å². The molecule has 3 fully saturated rings. The zero-order valence-corrected chi connectivity index (χ0v) is 20.0. The van der Waals surface area contributed by atoms with Crippen LogP contribution in [-0.2, 0) is 0 Å². The summed E-state index contributed by atoms with van der Waals surface area (Å²) in [7, 11) is 4.49. The van der Waals surface area contributed by atoms with Gasteiger partial charge in [-0.3, -0.25) is 4.79 Å². The molecular formula is C25H45B2N3O. The van der Waals surface area contributed by atoms with Crippen molar-refractivity contribution in [2.45, 2.75) is 108 Å². The van der Waals surface area contributed by atoms with Crippen LogP contribution in [0.3, 0.4) is 0 Å². The maximum absolute atomic E-state index is 12.4. The molecular weight excluding hydrogens is 380 g/mol. The predicted octanol–water partition coefficient (Wildman–Crippen LogP) is 5.61. The molecule has 3 aliphatic rings. The highest BCUT2D eigenvalue weighted by Crippen LogP contribution is 2.27. The Kier molecular flexibility index (Phi) is 11.6. The molecule has 0 aromatic rings. The summed E-state index contributed by atoms with van der Waals surface area (Å²) in [6.07, 6.45) is 19.6. The molecule has 1 amide bonds. The molecule has 1 heterocycles. The van der Waals surface area contributed by atoms with Crippen LogP contribution < -0.4 is 5.32 Å². The molecule has 1 aliphatic heterocycles. The van der Waals surface area contributed by atoms with E-state index in [1.807, 2.05) is 7.28 Å². The van der Waals surface area contributed by atoms with E-state index in [1.54, 1.807) is 0 Å². The van der Waals surface area contributed by atoms with Gasteiger partial charge in [-0.15, -0.1) is 0 Å². The molecule has 6 heteroatoms. The van der Waals surface area contributed by atoms with Crippen molar-refractivity contribution in [1.82, 2.24) is 15.0 Å². The monoisotopic (exact) mass is 425 g/mol. The number of carbonyl (C=O) groups is 1. The number of rotatable bonds is 8. The second-order valence-electron chi connectivity index (χ2n) is 10.2. The van der Waals surface area contributed by atoms with Gasteiger partial charge in [-0.25, -0.2) is 0 Å². The van der Waals surface area contributed by atoms with Gasteiger partial charge in [0, 0.05) is 25.3 Å². The topological polar surface area (TPSA) is 35.6 Å². The molecule has 1 N–H and O–H groups in total. The van der Waals surface area contributed by atoms with Crippen LogP contribution in [0.25, 0.3) is 0 Å². The highest BCUT2D eigenvalue weighted by Gasteiger charge is 2.22. The smallest absolute Gasteiger partial charge is 0.236 e. The molecule has 0 bridgehead atoms. The Morgan fingerprint density at radius 2 is 1.29 bits per heavy atom. The predicted molar refractivity (Wildman–Crippen MR) is 134 cm³/mol. The van der Waals surface area contributed by atoms with Crippen LogP contribution in [0.15, 0.2) is 12.3 Å². The lowest BCUT2D eigenvalue weighted by atomic mass is 9.59. The van der Waals surface area contributed by atoms with Gasteiger partial charge in [0.2, 0.25) is 14.7 Å². The van der Waals surface area contributed by atoms with Crippen molar-refractivity contribution in [3.05, 3.63) is 12.3 Å². The van der Waals surface area contributed by atoms with E-state index in [2.05, 4.69) is 29.0 Å². The van der Waals surface area contributed by atoms with Gasteiger partial charge in [-0.05, 0) is 19.5 Å². The Labute approximate surface area is 193 Å². The van der Waals surface area contributed by atoms with Gasteiger partial charge < -0.3 is 15.0 Å². The van der Waals surface area contributed by atoms with E-state index < -0.39 is 0 Å². The minimum absolute atomic E-state index is 0.0641.